The molecule has 114 valence electrons. The van der Waals surface area contributed by atoms with Gasteiger partial charge in [-0.25, -0.2) is 0 Å². The normalized spacial score (nSPS) is 10.7. The van der Waals surface area contributed by atoms with Crippen molar-refractivity contribution in [1.29, 1.82) is 0 Å². The van der Waals surface area contributed by atoms with Gasteiger partial charge in [0, 0.05) is 25.3 Å². The highest BCUT2D eigenvalue weighted by Gasteiger charge is 2.03. The zero-order valence-electron chi connectivity index (χ0n) is 13.2. The highest BCUT2D eigenvalue weighted by atomic mass is 16.5. The van der Waals surface area contributed by atoms with Gasteiger partial charge in [0.25, 0.3) is 0 Å². The van der Waals surface area contributed by atoms with Crippen molar-refractivity contribution in [3.63, 3.8) is 0 Å². The van der Waals surface area contributed by atoms with E-state index in [1.165, 1.54) is 0 Å². The van der Waals surface area contributed by atoms with Crippen LogP contribution in [0, 0.1) is 0 Å². The van der Waals surface area contributed by atoms with Crippen molar-refractivity contribution in [2.75, 3.05) is 25.6 Å². The Kier molecular flexibility index (Phi) is 5.37. The molecule has 0 saturated carbocycles. The molecule has 0 N–H and O–H groups in total. The second-order valence-corrected chi connectivity index (χ2v) is 5.14. The molecule has 0 unspecified atom stereocenters. The number of allylic oxidation sites excluding steroid dienone is 1. The zero-order chi connectivity index (χ0) is 15.9. The Balaban J connectivity index is 2.09. The van der Waals surface area contributed by atoms with Crippen molar-refractivity contribution in [3.8, 4) is 5.75 Å². The second kappa shape index (κ2) is 7.46. The van der Waals surface area contributed by atoms with Crippen LogP contribution in [0.2, 0.25) is 0 Å². The van der Waals surface area contributed by atoms with Crippen molar-refractivity contribution in [2.24, 2.45) is 0 Å². The van der Waals surface area contributed by atoms with Gasteiger partial charge in [0.1, 0.15) is 5.75 Å². The first-order valence-corrected chi connectivity index (χ1v) is 7.33. The molecule has 22 heavy (non-hydrogen) atoms. The molecule has 0 radical (unpaired) electrons. The lowest BCUT2D eigenvalue weighted by molar-refractivity contribution is 0.104. The number of hydrogen-bond acceptors (Lipinski definition) is 3. The summed E-state index contributed by atoms with van der Waals surface area (Å²) < 4.78 is 5.41. The van der Waals surface area contributed by atoms with Gasteiger partial charge in [-0.3, -0.25) is 4.79 Å². The van der Waals surface area contributed by atoms with E-state index >= 15 is 0 Å². The predicted octanol–water partition coefficient (Wildman–Crippen LogP) is 4.05. The van der Waals surface area contributed by atoms with Crippen LogP contribution in [0.4, 0.5) is 5.69 Å². The number of carbonyl (C=O) groups excluding carboxylic acids is 1. The largest absolute Gasteiger partial charge is 0.494 e. The van der Waals surface area contributed by atoms with Crippen LogP contribution in [0.25, 0.3) is 6.08 Å². The highest BCUT2D eigenvalue weighted by molar-refractivity contribution is 6.07. The lowest BCUT2D eigenvalue weighted by atomic mass is 10.1. The molecular formula is C19H21NO2. The number of nitrogens with zero attached hydrogens (tertiary/aromatic N) is 1. The average molecular weight is 295 g/mol. The monoisotopic (exact) mass is 295 g/mol. The van der Waals surface area contributed by atoms with Crippen LogP contribution in [0.3, 0.4) is 0 Å². The van der Waals surface area contributed by atoms with E-state index in [9.17, 15) is 4.79 Å². The molecular weight excluding hydrogens is 274 g/mol. The highest BCUT2D eigenvalue weighted by Crippen LogP contribution is 2.16. The summed E-state index contributed by atoms with van der Waals surface area (Å²) in [5.41, 5.74) is 2.76. The minimum absolute atomic E-state index is 0.0294. The van der Waals surface area contributed by atoms with Crippen molar-refractivity contribution >= 4 is 17.5 Å². The van der Waals surface area contributed by atoms with E-state index in [-0.39, 0.29) is 5.78 Å². The average Bonchev–Trinajstić information content (AvgIpc) is 2.53. The van der Waals surface area contributed by atoms with E-state index in [4.69, 9.17) is 4.74 Å². The van der Waals surface area contributed by atoms with Gasteiger partial charge < -0.3 is 9.64 Å². The first-order chi connectivity index (χ1) is 10.6. The topological polar surface area (TPSA) is 29.5 Å². The van der Waals surface area contributed by atoms with Crippen LogP contribution in [-0.4, -0.2) is 26.5 Å². The molecule has 3 heteroatoms. The molecule has 0 heterocycles. The molecule has 0 spiro atoms. The Morgan fingerprint density at radius 3 is 2.50 bits per heavy atom. The summed E-state index contributed by atoms with van der Waals surface area (Å²) in [4.78, 5) is 14.2. The number of benzene rings is 2. The lowest BCUT2D eigenvalue weighted by Crippen LogP contribution is -2.07. The third-order valence-electron chi connectivity index (χ3n) is 3.27. The van der Waals surface area contributed by atoms with E-state index in [0.717, 1.165) is 17.0 Å². The molecule has 0 aliphatic rings. The van der Waals surface area contributed by atoms with Gasteiger partial charge in [0.05, 0.1) is 6.61 Å². The van der Waals surface area contributed by atoms with Gasteiger partial charge in [-0.2, -0.15) is 0 Å². The first kappa shape index (κ1) is 15.8. The number of hydrogen-bond donors (Lipinski definition) is 0. The van der Waals surface area contributed by atoms with E-state index in [1.807, 2.05) is 68.4 Å². The smallest absolute Gasteiger partial charge is 0.185 e. The SMILES string of the molecule is CCOc1cccc(C(=O)C=Cc2ccc(N(C)C)cc2)c1. The van der Waals surface area contributed by atoms with Gasteiger partial charge in [-0.1, -0.05) is 30.3 Å². The molecule has 2 rings (SSSR count). The van der Waals surface area contributed by atoms with E-state index < -0.39 is 0 Å². The molecule has 0 atom stereocenters. The molecule has 0 aliphatic carbocycles. The maximum Gasteiger partial charge on any atom is 0.185 e. The Morgan fingerprint density at radius 2 is 1.86 bits per heavy atom. The fraction of sp³-hybridized carbons (Fsp3) is 0.211. The first-order valence-electron chi connectivity index (χ1n) is 7.33. The third-order valence-corrected chi connectivity index (χ3v) is 3.27. The molecule has 0 fully saturated rings. The molecule has 0 aromatic heterocycles. The molecule has 0 aliphatic heterocycles. The maximum absolute atomic E-state index is 12.2. The van der Waals surface area contributed by atoms with Crippen molar-refractivity contribution < 1.29 is 9.53 Å². The molecule has 2 aromatic rings. The fourth-order valence-electron chi connectivity index (χ4n) is 2.06. The second-order valence-electron chi connectivity index (χ2n) is 5.14. The Bertz CT molecular complexity index is 657. The molecule has 0 amide bonds. The quantitative estimate of drug-likeness (QED) is 0.595. The number of rotatable bonds is 6. The van der Waals surface area contributed by atoms with Gasteiger partial charge in [-0.15, -0.1) is 0 Å². The molecule has 0 bridgehead atoms. The zero-order valence-corrected chi connectivity index (χ0v) is 13.2. The summed E-state index contributed by atoms with van der Waals surface area (Å²) in [5.74, 6) is 0.690. The van der Waals surface area contributed by atoms with Gasteiger partial charge >= 0.3 is 0 Å². The third kappa shape index (κ3) is 4.22. The lowest BCUT2D eigenvalue weighted by Gasteiger charge is -2.11. The van der Waals surface area contributed by atoms with E-state index in [0.29, 0.717) is 12.2 Å². The van der Waals surface area contributed by atoms with Crippen molar-refractivity contribution in [1.82, 2.24) is 0 Å². The predicted molar refractivity (Wildman–Crippen MR) is 91.7 cm³/mol. The van der Waals surface area contributed by atoms with Gasteiger partial charge in [0.2, 0.25) is 0 Å². The van der Waals surface area contributed by atoms with Crippen molar-refractivity contribution in [2.45, 2.75) is 6.92 Å². The maximum atomic E-state index is 12.2. The van der Waals surface area contributed by atoms with Gasteiger partial charge in [0.15, 0.2) is 5.78 Å². The number of carbonyl (C=O) groups is 1. The van der Waals surface area contributed by atoms with Crippen molar-refractivity contribution in [3.05, 3.63) is 65.7 Å². The Morgan fingerprint density at radius 1 is 1.14 bits per heavy atom. The van der Waals surface area contributed by atoms with Crippen LogP contribution in [0.1, 0.15) is 22.8 Å². The number of ether oxygens (including phenoxy) is 1. The summed E-state index contributed by atoms with van der Waals surface area (Å²) in [6.07, 6.45) is 3.42. The summed E-state index contributed by atoms with van der Waals surface area (Å²) >= 11 is 0. The molecule has 3 nitrogen and oxygen atoms in total. The Labute approximate surface area is 131 Å². The van der Waals surface area contributed by atoms with Crippen LogP contribution >= 0.6 is 0 Å². The van der Waals surface area contributed by atoms with Crippen LogP contribution in [-0.2, 0) is 0 Å². The Hall–Kier alpha value is -2.55. The van der Waals surface area contributed by atoms with Crippen LogP contribution in [0.5, 0.6) is 5.75 Å². The summed E-state index contributed by atoms with van der Waals surface area (Å²) in [7, 11) is 4.00. The van der Waals surface area contributed by atoms with E-state index in [2.05, 4.69) is 0 Å². The molecule has 0 saturated heterocycles. The summed E-state index contributed by atoms with van der Waals surface area (Å²) in [6, 6.07) is 15.3. The fourth-order valence-corrected chi connectivity index (χ4v) is 2.06. The number of anilines is 1. The number of ketones is 1. The standard InChI is InChI=1S/C19H21NO2/c1-4-22-18-7-5-6-16(14-18)19(21)13-10-15-8-11-17(12-9-15)20(2)3/h5-14H,4H2,1-3H3. The van der Waals surface area contributed by atoms with Gasteiger partial charge in [-0.05, 0) is 42.8 Å². The molecule has 2 aromatic carbocycles. The van der Waals surface area contributed by atoms with E-state index in [1.54, 1.807) is 18.2 Å². The van der Waals surface area contributed by atoms with Crippen LogP contribution < -0.4 is 9.64 Å². The van der Waals surface area contributed by atoms with Crippen LogP contribution in [0.15, 0.2) is 54.6 Å². The minimum atomic E-state index is -0.0294. The minimum Gasteiger partial charge on any atom is -0.494 e. The summed E-state index contributed by atoms with van der Waals surface area (Å²) in [6.45, 7) is 2.51. The summed E-state index contributed by atoms with van der Waals surface area (Å²) in [5, 5.41) is 0.